The first-order valence-electron chi connectivity index (χ1n) is 10.7. The van der Waals surface area contributed by atoms with Gasteiger partial charge in [0.1, 0.15) is 11.8 Å². The van der Waals surface area contributed by atoms with Gasteiger partial charge in [0.25, 0.3) is 0 Å². The van der Waals surface area contributed by atoms with E-state index < -0.39 is 6.04 Å². The molecule has 166 valence electrons. The van der Waals surface area contributed by atoms with E-state index in [4.69, 9.17) is 4.74 Å². The zero-order valence-corrected chi connectivity index (χ0v) is 18.9. The molecule has 0 aliphatic heterocycles. The Bertz CT molecular complexity index is 1020. The van der Waals surface area contributed by atoms with Crippen molar-refractivity contribution in [3.8, 4) is 5.75 Å². The second kappa shape index (κ2) is 11.1. The van der Waals surface area contributed by atoms with Crippen LogP contribution in [0.2, 0.25) is 0 Å². The molecular weight excluding hydrogens is 400 g/mol. The summed E-state index contributed by atoms with van der Waals surface area (Å²) < 4.78 is 5.22. The van der Waals surface area contributed by atoms with E-state index >= 15 is 0 Å². The van der Waals surface area contributed by atoms with E-state index in [0.717, 1.165) is 22.4 Å². The second-order valence-corrected chi connectivity index (χ2v) is 7.90. The molecule has 0 radical (unpaired) electrons. The third-order valence-corrected chi connectivity index (χ3v) is 5.45. The number of nitrogens with one attached hydrogen (secondary N) is 1. The van der Waals surface area contributed by atoms with Crippen LogP contribution in [0.25, 0.3) is 0 Å². The topological polar surface area (TPSA) is 58.6 Å². The maximum Gasteiger partial charge on any atom is 0.243 e. The van der Waals surface area contributed by atoms with E-state index in [9.17, 15) is 9.59 Å². The maximum atomic E-state index is 13.3. The van der Waals surface area contributed by atoms with Gasteiger partial charge in [-0.15, -0.1) is 0 Å². The molecule has 3 aromatic rings. The third-order valence-electron chi connectivity index (χ3n) is 5.45. The normalized spacial score (nSPS) is 11.5. The van der Waals surface area contributed by atoms with Crippen molar-refractivity contribution in [2.75, 3.05) is 7.11 Å². The van der Waals surface area contributed by atoms with Gasteiger partial charge < -0.3 is 15.0 Å². The molecule has 5 heteroatoms. The summed E-state index contributed by atoms with van der Waals surface area (Å²) in [6, 6.07) is 24.8. The summed E-state index contributed by atoms with van der Waals surface area (Å²) in [5, 5.41) is 3.03. The number of amides is 2. The fourth-order valence-corrected chi connectivity index (χ4v) is 3.56. The minimum atomic E-state index is -0.623. The lowest BCUT2D eigenvalue weighted by molar-refractivity contribution is -0.139. The third kappa shape index (κ3) is 6.45. The molecule has 32 heavy (non-hydrogen) atoms. The first-order chi connectivity index (χ1) is 15.5. The molecule has 3 aromatic carbocycles. The summed E-state index contributed by atoms with van der Waals surface area (Å²) in [5.74, 6) is 0.435. The molecule has 3 rings (SSSR count). The smallest absolute Gasteiger partial charge is 0.243 e. The standard InChI is InChI=1S/C27H30N2O3/c1-20-9-11-23(12-10-20)18-28-27(31)26(17-22-7-5-4-6-8-22)29(21(2)30)19-24-13-15-25(32-3)16-14-24/h4-16,26H,17-19H2,1-3H3,(H,28,31)/t26-/m0/s1. The monoisotopic (exact) mass is 430 g/mol. The highest BCUT2D eigenvalue weighted by molar-refractivity contribution is 5.87. The fraction of sp³-hybridized carbons (Fsp3) is 0.259. The molecule has 0 heterocycles. The average Bonchev–Trinajstić information content (AvgIpc) is 2.81. The Hall–Kier alpha value is -3.60. The Balaban J connectivity index is 1.81. The molecule has 0 spiro atoms. The quantitative estimate of drug-likeness (QED) is 0.551. The van der Waals surface area contributed by atoms with Crippen LogP contribution in [0, 0.1) is 6.92 Å². The van der Waals surface area contributed by atoms with Gasteiger partial charge in [-0.3, -0.25) is 9.59 Å². The fourth-order valence-electron chi connectivity index (χ4n) is 3.56. The summed E-state index contributed by atoms with van der Waals surface area (Å²) in [6.07, 6.45) is 0.441. The van der Waals surface area contributed by atoms with Gasteiger partial charge in [-0.05, 0) is 35.7 Å². The molecule has 0 fully saturated rings. The van der Waals surface area contributed by atoms with Crippen molar-refractivity contribution < 1.29 is 14.3 Å². The van der Waals surface area contributed by atoms with E-state index in [1.807, 2.05) is 85.8 Å². The molecule has 0 bridgehead atoms. The highest BCUT2D eigenvalue weighted by atomic mass is 16.5. The number of nitrogens with zero attached hydrogens (tertiary/aromatic N) is 1. The van der Waals surface area contributed by atoms with E-state index in [2.05, 4.69) is 5.32 Å². The van der Waals surface area contributed by atoms with Gasteiger partial charge in [0.15, 0.2) is 0 Å². The van der Waals surface area contributed by atoms with Crippen LogP contribution in [0.15, 0.2) is 78.9 Å². The van der Waals surface area contributed by atoms with Crippen LogP contribution >= 0.6 is 0 Å². The van der Waals surface area contributed by atoms with Gasteiger partial charge in [0.2, 0.25) is 11.8 Å². The number of methoxy groups -OCH3 is 1. The summed E-state index contributed by atoms with van der Waals surface area (Å²) in [5.41, 5.74) is 4.13. The number of carbonyl (C=O) groups is 2. The molecule has 0 saturated heterocycles. The minimum Gasteiger partial charge on any atom is -0.497 e. The zero-order valence-electron chi connectivity index (χ0n) is 18.9. The van der Waals surface area contributed by atoms with Crippen LogP contribution in [0.1, 0.15) is 29.2 Å². The van der Waals surface area contributed by atoms with Gasteiger partial charge in [0.05, 0.1) is 7.11 Å². The number of hydrogen-bond acceptors (Lipinski definition) is 3. The Morgan fingerprint density at radius 3 is 2.09 bits per heavy atom. The second-order valence-electron chi connectivity index (χ2n) is 7.90. The molecule has 1 N–H and O–H groups in total. The minimum absolute atomic E-state index is 0.146. The lowest BCUT2D eigenvalue weighted by atomic mass is 10.0. The number of aryl methyl sites for hydroxylation is 1. The predicted molar refractivity (Wildman–Crippen MR) is 126 cm³/mol. The largest absolute Gasteiger partial charge is 0.497 e. The van der Waals surface area contributed by atoms with Gasteiger partial charge in [-0.25, -0.2) is 0 Å². The van der Waals surface area contributed by atoms with Crippen LogP contribution in [0.5, 0.6) is 5.75 Å². The molecule has 0 unspecified atom stereocenters. The summed E-state index contributed by atoms with van der Waals surface area (Å²) in [6.45, 7) is 4.30. The van der Waals surface area contributed by atoms with Crippen LogP contribution in [-0.4, -0.2) is 29.9 Å². The highest BCUT2D eigenvalue weighted by Crippen LogP contribution is 2.17. The van der Waals surface area contributed by atoms with Gasteiger partial charge in [-0.2, -0.15) is 0 Å². The van der Waals surface area contributed by atoms with E-state index in [0.29, 0.717) is 19.5 Å². The van der Waals surface area contributed by atoms with Crippen molar-refractivity contribution in [3.63, 3.8) is 0 Å². The van der Waals surface area contributed by atoms with Crippen molar-refractivity contribution in [1.82, 2.24) is 10.2 Å². The van der Waals surface area contributed by atoms with E-state index in [1.54, 1.807) is 12.0 Å². The van der Waals surface area contributed by atoms with Crippen LogP contribution in [-0.2, 0) is 29.1 Å². The van der Waals surface area contributed by atoms with Crippen molar-refractivity contribution >= 4 is 11.8 Å². The maximum absolute atomic E-state index is 13.3. The number of benzene rings is 3. The number of rotatable bonds is 9. The lowest BCUT2D eigenvalue weighted by Crippen LogP contribution is -2.49. The summed E-state index contributed by atoms with van der Waals surface area (Å²) in [7, 11) is 1.62. The molecule has 1 atom stereocenters. The Kier molecular flexibility index (Phi) is 8.03. The van der Waals surface area contributed by atoms with Crippen molar-refractivity contribution in [3.05, 3.63) is 101 Å². The SMILES string of the molecule is COc1ccc(CN(C(C)=O)[C@@H](Cc2ccccc2)C(=O)NCc2ccc(C)cc2)cc1. The number of carbonyl (C=O) groups excluding carboxylic acids is 2. The Morgan fingerprint density at radius 2 is 1.50 bits per heavy atom. The Labute approximate surface area is 190 Å². The van der Waals surface area contributed by atoms with Gasteiger partial charge >= 0.3 is 0 Å². The van der Waals surface area contributed by atoms with Crippen LogP contribution in [0.3, 0.4) is 0 Å². The molecule has 0 aromatic heterocycles. The summed E-state index contributed by atoms with van der Waals surface area (Å²) in [4.78, 5) is 27.6. The highest BCUT2D eigenvalue weighted by Gasteiger charge is 2.28. The summed E-state index contributed by atoms with van der Waals surface area (Å²) >= 11 is 0. The first-order valence-corrected chi connectivity index (χ1v) is 10.7. The van der Waals surface area contributed by atoms with Crippen molar-refractivity contribution in [2.45, 2.75) is 39.4 Å². The molecule has 0 saturated carbocycles. The molecule has 0 aliphatic rings. The zero-order chi connectivity index (χ0) is 22.9. The van der Waals surface area contributed by atoms with Crippen molar-refractivity contribution in [2.24, 2.45) is 0 Å². The van der Waals surface area contributed by atoms with Crippen LogP contribution in [0.4, 0.5) is 0 Å². The van der Waals surface area contributed by atoms with E-state index in [1.165, 1.54) is 12.5 Å². The molecule has 2 amide bonds. The molecule has 5 nitrogen and oxygen atoms in total. The predicted octanol–water partition coefficient (Wildman–Crippen LogP) is 4.28. The molecule has 0 aliphatic carbocycles. The lowest BCUT2D eigenvalue weighted by Gasteiger charge is -2.30. The van der Waals surface area contributed by atoms with Crippen LogP contribution < -0.4 is 10.1 Å². The van der Waals surface area contributed by atoms with E-state index in [-0.39, 0.29) is 11.8 Å². The van der Waals surface area contributed by atoms with Gasteiger partial charge in [-0.1, -0.05) is 72.3 Å². The molecular formula is C27H30N2O3. The number of ether oxygens (including phenoxy) is 1. The Morgan fingerprint density at radius 1 is 0.875 bits per heavy atom. The number of hydrogen-bond donors (Lipinski definition) is 1. The average molecular weight is 431 g/mol. The van der Waals surface area contributed by atoms with Crippen molar-refractivity contribution in [1.29, 1.82) is 0 Å². The van der Waals surface area contributed by atoms with Gasteiger partial charge in [0, 0.05) is 26.4 Å². The first kappa shape index (κ1) is 23.1.